The van der Waals surface area contributed by atoms with E-state index in [0.29, 0.717) is 12.4 Å². The Hall–Kier alpha value is -2.51. The molecule has 0 aliphatic heterocycles. The molecule has 0 saturated heterocycles. The van der Waals surface area contributed by atoms with Crippen LogP contribution in [-0.2, 0) is 11.8 Å². The Morgan fingerprint density at radius 1 is 1.25 bits per heavy atom. The Bertz CT molecular complexity index is 790. The second-order valence-electron chi connectivity index (χ2n) is 5.65. The van der Waals surface area contributed by atoms with Crippen LogP contribution in [-0.4, -0.2) is 44.1 Å². The molecular weight excluding hydrogens is 306 g/mol. The molecule has 1 aromatic carbocycles. The fraction of sp³-hybridized carbons (Fsp3) is 0.353. The SMILES string of the molecule is C[C@@H](OC[C@@H](O)CNc1ncnc2c1cnn2C)c1ccccc1. The van der Waals surface area contributed by atoms with Gasteiger partial charge in [0.1, 0.15) is 12.1 Å². The van der Waals surface area contributed by atoms with Gasteiger partial charge in [0.2, 0.25) is 0 Å². The first-order chi connectivity index (χ1) is 11.6. The van der Waals surface area contributed by atoms with E-state index in [1.807, 2.05) is 44.3 Å². The molecule has 0 fully saturated rings. The molecule has 0 radical (unpaired) electrons. The minimum atomic E-state index is -0.641. The third kappa shape index (κ3) is 3.69. The molecule has 0 amide bonds. The number of fused-ring (bicyclic) bond motifs is 1. The quantitative estimate of drug-likeness (QED) is 0.689. The van der Waals surface area contributed by atoms with E-state index in [2.05, 4.69) is 20.4 Å². The van der Waals surface area contributed by atoms with E-state index < -0.39 is 6.10 Å². The zero-order chi connectivity index (χ0) is 16.9. The summed E-state index contributed by atoms with van der Waals surface area (Å²) in [6, 6.07) is 9.93. The number of aryl methyl sites for hydroxylation is 1. The molecule has 0 saturated carbocycles. The number of benzene rings is 1. The number of ether oxygens (including phenoxy) is 1. The van der Waals surface area contributed by atoms with Crippen molar-refractivity contribution in [3.05, 3.63) is 48.4 Å². The normalized spacial score (nSPS) is 13.8. The van der Waals surface area contributed by atoms with E-state index in [0.717, 1.165) is 16.6 Å². The van der Waals surface area contributed by atoms with Gasteiger partial charge in [0, 0.05) is 13.6 Å². The lowest BCUT2D eigenvalue weighted by atomic mass is 10.1. The summed E-state index contributed by atoms with van der Waals surface area (Å²) in [4.78, 5) is 8.39. The number of anilines is 1. The summed E-state index contributed by atoms with van der Waals surface area (Å²) in [7, 11) is 1.83. The first kappa shape index (κ1) is 16.4. The highest BCUT2D eigenvalue weighted by Gasteiger charge is 2.12. The molecule has 3 rings (SSSR count). The summed E-state index contributed by atoms with van der Waals surface area (Å²) >= 11 is 0. The van der Waals surface area contributed by atoms with Crippen molar-refractivity contribution in [1.29, 1.82) is 0 Å². The van der Waals surface area contributed by atoms with Crippen LogP contribution in [0.3, 0.4) is 0 Å². The lowest BCUT2D eigenvalue weighted by Crippen LogP contribution is -2.26. The summed E-state index contributed by atoms with van der Waals surface area (Å²) in [5, 5.41) is 18.3. The number of hydrogen-bond donors (Lipinski definition) is 2. The van der Waals surface area contributed by atoms with Crippen LogP contribution in [0.2, 0.25) is 0 Å². The van der Waals surface area contributed by atoms with E-state index in [-0.39, 0.29) is 12.7 Å². The molecule has 0 bridgehead atoms. The number of nitrogens with one attached hydrogen (secondary N) is 1. The van der Waals surface area contributed by atoms with Gasteiger partial charge >= 0.3 is 0 Å². The van der Waals surface area contributed by atoms with Crippen LogP contribution in [0.25, 0.3) is 11.0 Å². The van der Waals surface area contributed by atoms with Gasteiger partial charge in [-0.25, -0.2) is 9.97 Å². The van der Waals surface area contributed by atoms with Crippen LogP contribution in [0, 0.1) is 0 Å². The molecule has 7 nitrogen and oxygen atoms in total. The number of aromatic nitrogens is 4. The van der Waals surface area contributed by atoms with Crippen LogP contribution < -0.4 is 5.32 Å². The van der Waals surface area contributed by atoms with Crippen molar-refractivity contribution in [2.45, 2.75) is 19.1 Å². The molecule has 2 atom stereocenters. The van der Waals surface area contributed by atoms with Gasteiger partial charge < -0.3 is 15.2 Å². The second-order valence-corrected chi connectivity index (χ2v) is 5.65. The highest BCUT2D eigenvalue weighted by molar-refractivity contribution is 5.85. The molecule has 0 spiro atoms. The lowest BCUT2D eigenvalue weighted by molar-refractivity contribution is 0.00242. The maximum absolute atomic E-state index is 10.1. The van der Waals surface area contributed by atoms with Crippen LogP contribution >= 0.6 is 0 Å². The molecule has 0 aliphatic carbocycles. The Morgan fingerprint density at radius 2 is 2.04 bits per heavy atom. The van der Waals surface area contributed by atoms with Crippen molar-refractivity contribution in [1.82, 2.24) is 19.7 Å². The average Bonchev–Trinajstić information content (AvgIpc) is 3.00. The molecule has 126 valence electrons. The fourth-order valence-corrected chi connectivity index (χ4v) is 2.45. The van der Waals surface area contributed by atoms with E-state index in [4.69, 9.17) is 4.74 Å². The van der Waals surface area contributed by atoms with Gasteiger partial charge in [-0.2, -0.15) is 5.10 Å². The maximum atomic E-state index is 10.1. The summed E-state index contributed by atoms with van der Waals surface area (Å²) < 4.78 is 7.41. The topological polar surface area (TPSA) is 85.1 Å². The number of nitrogens with zero attached hydrogens (tertiary/aromatic N) is 4. The number of hydrogen-bond acceptors (Lipinski definition) is 6. The number of aliphatic hydroxyl groups excluding tert-OH is 1. The van der Waals surface area contributed by atoms with Gasteiger partial charge in [-0.05, 0) is 12.5 Å². The molecular formula is C17H21N5O2. The van der Waals surface area contributed by atoms with Crippen LogP contribution in [0.4, 0.5) is 5.82 Å². The summed E-state index contributed by atoms with van der Waals surface area (Å²) in [5.74, 6) is 0.656. The highest BCUT2D eigenvalue weighted by atomic mass is 16.5. The van der Waals surface area contributed by atoms with E-state index in [1.54, 1.807) is 10.9 Å². The zero-order valence-corrected chi connectivity index (χ0v) is 13.8. The van der Waals surface area contributed by atoms with Crippen LogP contribution in [0.15, 0.2) is 42.9 Å². The number of rotatable bonds is 7. The second kappa shape index (κ2) is 7.37. The van der Waals surface area contributed by atoms with Gasteiger partial charge in [-0.3, -0.25) is 4.68 Å². The van der Waals surface area contributed by atoms with Crippen molar-refractivity contribution in [2.75, 3.05) is 18.5 Å². The molecule has 2 heterocycles. The van der Waals surface area contributed by atoms with Gasteiger partial charge in [-0.15, -0.1) is 0 Å². The van der Waals surface area contributed by atoms with Crippen molar-refractivity contribution in [3.8, 4) is 0 Å². The predicted octanol–water partition coefficient (Wildman–Crippen LogP) is 1.91. The highest BCUT2D eigenvalue weighted by Crippen LogP contribution is 2.18. The van der Waals surface area contributed by atoms with Crippen LogP contribution in [0.1, 0.15) is 18.6 Å². The summed E-state index contributed by atoms with van der Waals surface area (Å²) in [5.41, 5.74) is 1.83. The summed E-state index contributed by atoms with van der Waals surface area (Å²) in [6.45, 7) is 2.55. The molecule has 0 aliphatic rings. The Balaban J connectivity index is 1.53. The van der Waals surface area contributed by atoms with Gasteiger partial charge in [0.15, 0.2) is 5.65 Å². The van der Waals surface area contributed by atoms with Crippen LogP contribution in [0.5, 0.6) is 0 Å². The van der Waals surface area contributed by atoms with Crippen molar-refractivity contribution >= 4 is 16.9 Å². The summed E-state index contributed by atoms with van der Waals surface area (Å²) in [6.07, 6.45) is 2.48. The molecule has 7 heteroatoms. The largest absolute Gasteiger partial charge is 0.389 e. The van der Waals surface area contributed by atoms with Gasteiger partial charge in [0.05, 0.1) is 30.4 Å². The molecule has 0 unspecified atom stereocenters. The maximum Gasteiger partial charge on any atom is 0.163 e. The molecule has 24 heavy (non-hydrogen) atoms. The predicted molar refractivity (Wildman–Crippen MR) is 91.6 cm³/mol. The third-order valence-electron chi connectivity index (χ3n) is 3.84. The Morgan fingerprint density at radius 3 is 2.83 bits per heavy atom. The first-order valence-electron chi connectivity index (χ1n) is 7.86. The van der Waals surface area contributed by atoms with Gasteiger partial charge in [-0.1, -0.05) is 30.3 Å². The minimum Gasteiger partial charge on any atom is -0.389 e. The zero-order valence-electron chi connectivity index (χ0n) is 13.8. The molecule has 2 aromatic heterocycles. The van der Waals surface area contributed by atoms with Crippen molar-refractivity contribution in [3.63, 3.8) is 0 Å². The Kier molecular flexibility index (Phi) is 5.02. The first-order valence-corrected chi connectivity index (χ1v) is 7.86. The van der Waals surface area contributed by atoms with E-state index >= 15 is 0 Å². The van der Waals surface area contributed by atoms with E-state index in [1.165, 1.54) is 6.33 Å². The van der Waals surface area contributed by atoms with Crippen molar-refractivity contribution in [2.24, 2.45) is 7.05 Å². The molecule has 3 aromatic rings. The average molecular weight is 327 g/mol. The van der Waals surface area contributed by atoms with Gasteiger partial charge in [0.25, 0.3) is 0 Å². The van der Waals surface area contributed by atoms with Crippen molar-refractivity contribution < 1.29 is 9.84 Å². The lowest BCUT2D eigenvalue weighted by Gasteiger charge is -2.17. The monoisotopic (exact) mass is 327 g/mol. The van der Waals surface area contributed by atoms with E-state index in [9.17, 15) is 5.11 Å². The standard InChI is InChI=1S/C17H21N5O2/c1-12(13-6-4-3-5-7-13)24-10-14(23)8-18-16-15-9-21-22(2)17(15)20-11-19-16/h3-7,9,11-12,14,23H,8,10H2,1-2H3,(H,18,19,20)/t12-,14+/m1/s1. The number of aliphatic hydroxyl groups is 1. The fourth-order valence-electron chi connectivity index (χ4n) is 2.45. The smallest absolute Gasteiger partial charge is 0.163 e. The minimum absolute atomic E-state index is 0.0649. The Labute approximate surface area is 140 Å². The third-order valence-corrected chi connectivity index (χ3v) is 3.84. The molecule has 2 N–H and O–H groups in total.